The van der Waals surface area contributed by atoms with Crippen molar-refractivity contribution in [1.82, 2.24) is 9.97 Å². The lowest BCUT2D eigenvalue weighted by atomic mass is 10.1. The molecule has 21 heavy (non-hydrogen) atoms. The number of aromatic nitrogens is 2. The van der Waals surface area contributed by atoms with Gasteiger partial charge in [0.25, 0.3) is 0 Å². The Bertz CT molecular complexity index is 664. The van der Waals surface area contributed by atoms with Gasteiger partial charge in [-0.15, -0.1) is 0 Å². The first-order valence-electron chi connectivity index (χ1n) is 6.59. The molecular formula is C15H15BrClFN2O. The molecule has 0 spiro atoms. The molecule has 0 aliphatic carbocycles. The highest BCUT2D eigenvalue weighted by molar-refractivity contribution is 9.10. The van der Waals surface area contributed by atoms with E-state index >= 15 is 0 Å². The third kappa shape index (κ3) is 3.52. The maximum atomic E-state index is 14.2. The van der Waals surface area contributed by atoms with E-state index < -0.39 is 5.82 Å². The van der Waals surface area contributed by atoms with Crippen LogP contribution >= 0.6 is 27.5 Å². The third-order valence-corrected chi connectivity index (χ3v) is 3.96. The Morgan fingerprint density at radius 3 is 2.67 bits per heavy atom. The molecule has 112 valence electrons. The summed E-state index contributed by atoms with van der Waals surface area (Å²) in [5.41, 5.74) is 1.64. The molecule has 0 atom stereocenters. The molecular weight excluding hydrogens is 359 g/mol. The van der Waals surface area contributed by atoms with Gasteiger partial charge in [-0.1, -0.05) is 18.5 Å². The number of halogens is 3. The van der Waals surface area contributed by atoms with E-state index in [1.807, 2.05) is 20.8 Å². The number of hydrogen-bond acceptors (Lipinski definition) is 3. The van der Waals surface area contributed by atoms with Crippen LogP contribution in [0.2, 0.25) is 5.02 Å². The summed E-state index contributed by atoms with van der Waals surface area (Å²) >= 11 is 9.46. The molecule has 0 amide bonds. The standard InChI is InChI=1S/C15H15BrClFN2O/c1-4-12-14(16)15(20-7-19-12)9-5-13(21-8(2)3)10(17)6-11(9)18/h5-8H,4H2,1-3H3. The summed E-state index contributed by atoms with van der Waals surface area (Å²) in [5, 5.41) is 0.242. The second-order valence-electron chi connectivity index (χ2n) is 4.77. The molecule has 1 heterocycles. The Hall–Kier alpha value is -1.20. The van der Waals surface area contributed by atoms with Crippen LogP contribution in [0.3, 0.4) is 0 Å². The molecule has 1 aromatic carbocycles. The smallest absolute Gasteiger partial charge is 0.139 e. The van der Waals surface area contributed by atoms with Crippen LogP contribution < -0.4 is 4.74 Å². The van der Waals surface area contributed by atoms with Gasteiger partial charge in [0.05, 0.1) is 27.0 Å². The van der Waals surface area contributed by atoms with Crippen LogP contribution in [0.15, 0.2) is 22.9 Å². The number of hydrogen-bond donors (Lipinski definition) is 0. The summed E-state index contributed by atoms with van der Waals surface area (Å²) in [6, 6.07) is 2.82. The Morgan fingerprint density at radius 2 is 2.05 bits per heavy atom. The van der Waals surface area contributed by atoms with E-state index in [-0.39, 0.29) is 11.1 Å². The number of ether oxygens (including phenoxy) is 1. The summed E-state index contributed by atoms with van der Waals surface area (Å²) < 4.78 is 20.5. The van der Waals surface area contributed by atoms with Gasteiger partial charge in [0.1, 0.15) is 17.9 Å². The zero-order valence-electron chi connectivity index (χ0n) is 12.0. The predicted octanol–water partition coefficient (Wildman–Crippen LogP) is 5.05. The lowest BCUT2D eigenvalue weighted by molar-refractivity contribution is 0.242. The van der Waals surface area contributed by atoms with Gasteiger partial charge < -0.3 is 4.74 Å². The van der Waals surface area contributed by atoms with Crippen LogP contribution in [0.1, 0.15) is 26.5 Å². The van der Waals surface area contributed by atoms with Crippen molar-refractivity contribution in [3.05, 3.63) is 39.5 Å². The Kier molecular flexibility index (Phi) is 5.17. The molecule has 0 bridgehead atoms. The molecule has 6 heteroatoms. The lowest BCUT2D eigenvalue weighted by Gasteiger charge is -2.14. The summed E-state index contributed by atoms with van der Waals surface area (Å²) in [6.45, 7) is 5.74. The fourth-order valence-corrected chi connectivity index (χ4v) is 2.79. The number of nitrogens with zero attached hydrogens (tertiary/aromatic N) is 2. The molecule has 1 aromatic heterocycles. The molecule has 3 nitrogen and oxygen atoms in total. The van der Waals surface area contributed by atoms with Crippen LogP contribution in [0.25, 0.3) is 11.3 Å². The fourth-order valence-electron chi connectivity index (χ4n) is 1.90. The molecule has 0 aliphatic rings. The van der Waals surface area contributed by atoms with Crippen molar-refractivity contribution in [2.24, 2.45) is 0 Å². The normalized spacial score (nSPS) is 11.0. The minimum Gasteiger partial charge on any atom is -0.489 e. The van der Waals surface area contributed by atoms with E-state index in [9.17, 15) is 4.39 Å². The van der Waals surface area contributed by atoms with Crippen molar-refractivity contribution in [2.45, 2.75) is 33.3 Å². The molecule has 2 rings (SSSR count). The van der Waals surface area contributed by atoms with Gasteiger partial charge in [-0.2, -0.15) is 0 Å². The highest BCUT2D eigenvalue weighted by Gasteiger charge is 2.17. The van der Waals surface area contributed by atoms with Gasteiger partial charge in [-0.25, -0.2) is 14.4 Å². The molecule has 0 fully saturated rings. The monoisotopic (exact) mass is 372 g/mol. The average molecular weight is 374 g/mol. The maximum absolute atomic E-state index is 14.2. The van der Waals surface area contributed by atoms with Gasteiger partial charge in [0.2, 0.25) is 0 Å². The molecule has 0 aliphatic heterocycles. The van der Waals surface area contributed by atoms with Crippen LogP contribution in [0.5, 0.6) is 5.75 Å². The molecule has 0 saturated carbocycles. The second kappa shape index (κ2) is 6.71. The number of benzene rings is 1. The van der Waals surface area contributed by atoms with Crippen molar-refractivity contribution < 1.29 is 9.13 Å². The number of aryl methyl sites for hydroxylation is 1. The first-order chi connectivity index (χ1) is 9.93. The van der Waals surface area contributed by atoms with E-state index in [2.05, 4.69) is 25.9 Å². The zero-order chi connectivity index (χ0) is 15.6. The summed E-state index contributed by atoms with van der Waals surface area (Å²) in [4.78, 5) is 8.33. The quantitative estimate of drug-likeness (QED) is 0.752. The topological polar surface area (TPSA) is 35.0 Å². The molecule has 2 aromatic rings. The molecule has 0 radical (unpaired) electrons. The maximum Gasteiger partial charge on any atom is 0.139 e. The van der Waals surface area contributed by atoms with Crippen LogP contribution in [-0.4, -0.2) is 16.1 Å². The van der Waals surface area contributed by atoms with Gasteiger partial charge in [-0.3, -0.25) is 0 Å². The predicted molar refractivity (Wildman–Crippen MR) is 85.3 cm³/mol. The van der Waals surface area contributed by atoms with Crippen molar-refractivity contribution in [3.63, 3.8) is 0 Å². The molecule has 0 saturated heterocycles. The first kappa shape index (κ1) is 16.2. The van der Waals surface area contributed by atoms with Crippen LogP contribution in [0.4, 0.5) is 4.39 Å². The minimum absolute atomic E-state index is 0.0548. The van der Waals surface area contributed by atoms with E-state index in [0.29, 0.717) is 21.5 Å². The fraction of sp³-hybridized carbons (Fsp3) is 0.333. The summed E-state index contributed by atoms with van der Waals surface area (Å²) in [7, 11) is 0. The van der Waals surface area contributed by atoms with E-state index in [4.69, 9.17) is 16.3 Å². The van der Waals surface area contributed by atoms with Crippen molar-refractivity contribution in [2.75, 3.05) is 0 Å². The lowest BCUT2D eigenvalue weighted by Crippen LogP contribution is -2.06. The van der Waals surface area contributed by atoms with E-state index in [0.717, 1.165) is 12.1 Å². The SMILES string of the molecule is CCc1ncnc(-c2cc(OC(C)C)c(Cl)cc2F)c1Br. The molecule has 0 N–H and O–H groups in total. The van der Waals surface area contributed by atoms with Gasteiger partial charge in [0.15, 0.2) is 0 Å². The second-order valence-corrected chi connectivity index (χ2v) is 5.97. The van der Waals surface area contributed by atoms with Crippen molar-refractivity contribution in [3.8, 4) is 17.0 Å². The third-order valence-electron chi connectivity index (χ3n) is 2.84. The zero-order valence-corrected chi connectivity index (χ0v) is 14.3. The highest BCUT2D eigenvalue weighted by Crippen LogP contribution is 2.36. The van der Waals surface area contributed by atoms with Crippen molar-refractivity contribution >= 4 is 27.5 Å². The van der Waals surface area contributed by atoms with Crippen LogP contribution in [0, 0.1) is 5.82 Å². The summed E-state index contributed by atoms with van der Waals surface area (Å²) in [6.07, 6.45) is 2.09. The summed E-state index contributed by atoms with van der Waals surface area (Å²) in [5.74, 6) is -0.0100. The minimum atomic E-state index is -0.447. The van der Waals surface area contributed by atoms with E-state index in [1.54, 1.807) is 6.07 Å². The van der Waals surface area contributed by atoms with Crippen LogP contribution in [-0.2, 0) is 6.42 Å². The Balaban J connectivity index is 2.58. The van der Waals surface area contributed by atoms with Gasteiger partial charge >= 0.3 is 0 Å². The van der Waals surface area contributed by atoms with E-state index in [1.165, 1.54) is 12.4 Å². The van der Waals surface area contributed by atoms with Gasteiger partial charge in [0, 0.05) is 5.56 Å². The molecule has 0 unspecified atom stereocenters. The largest absolute Gasteiger partial charge is 0.489 e. The van der Waals surface area contributed by atoms with Crippen molar-refractivity contribution in [1.29, 1.82) is 0 Å². The highest BCUT2D eigenvalue weighted by atomic mass is 79.9. The Morgan fingerprint density at radius 1 is 1.33 bits per heavy atom. The Labute approximate surface area is 136 Å². The van der Waals surface area contributed by atoms with Gasteiger partial charge in [-0.05, 0) is 48.3 Å². The average Bonchev–Trinajstić information content (AvgIpc) is 2.42. The first-order valence-corrected chi connectivity index (χ1v) is 7.76. The number of rotatable bonds is 4.